The summed E-state index contributed by atoms with van der Waals surface area (Å²) >= 11 is 1.77. The zero-order valence-electron chi connectivity index (χ0n) is 10.8. The van der Waals surface area contributed by atoms with Crippen LogP contribution in [0.4, 0.5) is 0 Å². The molecule has 0 radical (unpaired) electrons. The van der Waals surface area contributed by atoms with Crippen molar-refractivity contribution in [3.63, 3.8) is 0 Å². The van der Waals surface area contributed by atoms with E-state index < -0.39 is 0 Å². The summed E-state index contributed by atoms with van der Waals surface area (Å²) in [5, 5.41) is 9.56. The number of nitriles is 1. The van der Waals surface area contributed by atoms with Crippen LogP contribution in [0.25, 0.3) is 5.69 Å². The number of rotatable bonds is 0. The summed E-state index contributed by atoms with van der Waals surface area (Å²) in [6.07, 6.45) is 1.52. The fourth-order valence-electron chi connectivity index (χ4n) is 3.21. The minimum Gasteiger partial charge on any atom is -0.279 e. The smallest absolute Gasteiger partial charge is 0.259 e. The van der Waals surface area contributed by atoms with E-state index in [1.165, 1.54) is 0 Å². The van der Waals surface area contributed by atoms with Crippen molar-refractivity contribution in [3.05, 3.63) is 62.6 Å². The lowest BCUT2D eigenvalue weighted by Crippen LogP contribution is -2.28. The maximum Gasteiger partial charge on any atom is 0.259 e. The molecule has 1 aromatic heterocycles. The first-order chi connectivity index (χ1) is 9.81. The average molecular weight is 280 g/mol. The Morgan fingerprint density at radius 1 is 1.25 bits per heavy atom. The highest BCUT2D eigenvalue weighted by atomic mass is 32.2. The Bertz CT molecular complexity index is 830. The summed E-state index contributed by atoms with van der Waals surface area (Å²) in [7, 11) is 0. The number of benzene rings is 1. The molecule has 0 saturated carbocycles. The van der Waals surface area contributed by atoms with Crippen molar-refractivity contribution in [1.29, 1.82) is 5.26 Å². The van der Waals surface area contributed by atoms with Gasteiger partial charge < -0.3 is 0 Å². The van der Waals surface area contributed by atoms with Gasteiger partial charge in [-0.1, -0.05) is 18.2 Å². The number of pyridine rings is 1. The van der Waals surface area contributed by atoms with Crippen LogP contribution in [0.15, 0.2) is 29.1 Å². The van der Waals surface area contributed by atoms with Gasteiger partial charge in [-0.05, 0) is 29.4 Å². The van der Waals surface area contributed by atoms with Gasteiger partial charge >= 0.3 is 0 Å². The number of aromatic nitrogens is 1. The van der Waals surface area contributed by atoms with Gasteiger partial charge in [-0.3, -0.25) is 9.36 Å². The topological polar surface area (TPSA) is 45.8 Å². The molecule has 0 N–H and O–H groups in total. The largest absolute Gasteiger partial charge is 0.279 e. The van der Waals surface area contributed by atoms with Gasteiger partial charge in [-0.15, -0.1) is 0 Å². The molecule has 4 heteroatoms. The highest BCUT2D eigenvalue weighted by Gasteiger charge is 2.28. The van der Waals surface area contributed by atoms with Gasteiger partial charge in [0.25, 0.3) is 5.56 Å². The van der Waals surface area contributed by atoms with Crippen LogP contribution in [0.3, 0.4) is 0 Å². The molecular weight excluding hydrogens is 268 g/mol. The highest BCUT2D eigenvalue weighted by Crippen LogP contribution is 2.33. The molecule has 2 aliphatic rings. The fraction of sp³-hybridized carbons (Fsp3) is 0.250. The van der Waals surface area contributed by atoms with Gasteiger partial charge in [0.15, 0.2) is 0 Å². The summed E-state index contributed by atoms with van der Waals surface area (Å²) in [5.41, 5.74) is 5.60. The Labute approximate surface area is 120 Å². The minimum absolute atomic E-state index is 0.0751. The van der Waals surface area contributed by atoms with E-state index in [4.69, 9.17) is 0 Å². The number of thioether (sulfide) groups is 1. The lowest BCUT2D eigenvalue weighted by Gasteiger charge is -2.19. The second-order valence-corrected chi connectivity index (χ2v) is 6.24. The first kappa shape index (κ1) is 11.8. The molecule has 0 atom stereocenters. The van der Waals surface area contributed by atoms with Crippen molar-refractivity contribution in [1.82, 2.24) is 4.57 Å². The van der Waals surface area contributed by atoms with Crippen molar-refractivity contribution >= 4 is 11.8 Å². The molecule has 0 fully saturated rings. The van der Waals surface area contributed by atoms with Gasteiger partial charge in [0, 0.05) is 23.4 Å². The number of nitrogens with zero attached hydrogens (tertiary/aromatic N) is 2. The minimum atomic E-state index is 0.0751. The van der Waals surface area contributed by atoms with E-state index in [-0.39, 0.29) is 5.56 Å². The summed E-state index contributed by atoms with van der Waals surface area (Å²) < 4.78 is 1.76. The summed E-state index contributed by atoms with van der Waals surface area (Å²) in [5.74, 6) is 1.73. The molecule has 0 bridgehead atoms. The van der Waals surface area contributed by atoms with Gasteiger partial charge in [0.2, 0.25) is 0 Å². The molecular formula is C16H12N2OS. The molecule has 4 rings (SSSR count). The third-order valence-electron chi connectivity index (χ3n) is 4.13. The van der Waals surface area contributed by atoms with Crippen molar-refractivity contribution in [2.75, 3.05) is 5.75 Å². The molecule has 0 spiro atoms. The van der Waals surface area contributed by atoms with E-state index in [0.717, 1.165) is 51.6 Å². The highest BCUT2D eigenvalue weighted by molar-refractivity contribution is 7.98. The van der Waals surface area contributed by atoms with E-state index in [2.05, 4.69) is 6.07 Å². The number of para-hydroxylation sites is 1. The number of fused-ring (bicyclic) bond motifs is 4. The van der Waals surface area contributed by atoms with E-state index >= 15 is 0 Å². The Hall–Kier alpha value is -1.99. The quantitative estimate of drug-likeness (QED) is 0.635. The molecule has 3 nitrogen and oxygen atoms in total. The van der Waals surface area contributed by atoms with Crippen LogP contribution < -0.4 is 5.56 Å². The van der Waals surface area contributed by atoms with Crippen LogP contribution in [0, 0.1) is 11.3 Å². The standard InChI is InChI=1S/C16H12N2OS/c17-8-12-11-5-6-20-9-13(11)16(19)18-14-4-2-1-3-10(14)7-15(12)18/h1-4H,5-7,9H2. The van der Waals surface area contributed by atoms with Crippen LogP contribution in [-0.2, 0) is 18.6 Å². The molecule has 2 aliphatic heterocycles. The average Bonchev–Trinajstić information content (AvgIpc) is 2.87. The number of hydrogen-bond donors (Lipinski definition) is 0. The Morgan fingerprint density at radius 2 is 2.10 bits per heavy atom. The molecule has 0 unspecified atom stereocenters. The van der Waals surface area contributed by atoms with Crippen molar-refractivity contribution < 1.29 is 0 Å². The van der Waals surface area contributed by atoms with E-state index in [1.54, 1.807) is 16.3 Å². The fourth-order valence-corrected chi connectivity index (χ4v) is 4.20. The summed E-state index contributed by atoms with van der Waals surface area (Å²) in [6, 6.07) is 10.3. The first-order valence-corrected chi connectivity index (χ1v) is 7.82. The summed E-state index contributed by atoms with van der Waals surface area (Å²) in [4.78, 5) is 12.8. The van der Waals surface area contributed by atoms with Crippen LogP contribution >= 0.6 is 11.8 Å². The SMILES string of the molecule is N#Cc1c2c(c(=O)n3c1Cc1ccccc1-3)CSCC2. The second-order valence-electron chi connectivity index (χ2n) is 5.14. The zero-order chi connectivity index (χ0) is 13.7. The zero-order valence-corrected chi connectivity index (χ0v) is 11.7. The van der Waals surface area contributed by atoms with Crippen molar-refractivity contribution in [2.24, 2.45) is 0 Å². The number of hydrogen-bond acceptors (Lipinski definition) is 3. The van der Waals surface area contributed by atoms with Gasteiger partial charge in [0.05, 0.1) is 11.3 Å². The molecule has 1 aromatic carbocycles. The van der Waals surface area contributed by atoms with Crippen molar-refractivity contribution in [3.8, 4) is 11.8 Å². The maximum atomic E-state index is 12.8. The normalized spacial score (nSPS) is 15.2. The molecule has 98 valence electrons. The third kappa shape index (κ3) is 1.44. The lowest BCUT2D eigenvalue weighted by atomic mass is 9.98. The Morgan fingerprint density at radius 3 is 2.95 bits per heavy atom. The Balaban J connectivity index is 2.12. The van der Waals surface area contributed by atoms with E-state index in [0.29, 0.717) is 6.42 Å². The Kier molecular flexibility index (Phi) is 2.51. The van der Waals surface area contributed by atoms with Crippen LogP contribution in [0.5, 0.6) is 0 Å². The van der Waals surface area contributed by atoms with Gasteiger partial charge in [-0.25, -0.2) is 0 Å². The van der Waals surface area contributed by atoms with Crippen LogP contribution in [0.1, 0.15) is 27.9 Å². The van der Waals surface area contributed by atoms with E-state index in [9.17, 15) is 10.1 Å². The second kappa shape index (κ2) is 4.26. The van der Waals surface area contributed by atoms with Crippen LogP contribution in [0.2, 0.25) is 0 Å². The molecule has 20 heavy (non-hydrogen) atoms. The maximum absolute atomic E-state index is 12.8. The third-order valence-corrected chi connectivity index (χ3v) is 5.12. The first-order valence-electron chi connectivity index (χ1n) is 6.67. The monoisotopic (exact) mass is 280 g/mol. The molecule has 0 saturated heterocycles. The van der Waals surface area contributed by atoms with E-state index in [1.807, 2.05) is 24.3 Å². The predicted molar refractivity (Wildman–Crippen MR) is 79.4 cm³/mol. The molecule has 0 amide bonds. The molecule has 3 heterocycles. The van der Waals surface area contributed by atoms with Gasteiger partial charge in [0.1, 0.15) is 6.07 Å². The molecule has 0 aliphatic carbocycles. The molecule has 2 aromatic rings. The predicted octanol–water partition coefficient (Wildman–Crippen LogP) is 2.40. The lowest BCUT2D eigenvalue weighted by molar-refractivity contribution is 0.897. The van der Waals surface area contributed by atoms with Crippen LogP contribution in [-0.4, -0.2) is 10.3 Å². The van der Waals surface area contributed by atoms with Crippen molar-refractivity contribution in [2.45, 2.75) is 18.6 Å². The van der Waals surface area contributed by atoms with Gasteiger partial charge in [-0.2, -0.15) is 17.0 Å². The summed E-state index contributed by atoms with van der Waals surface area (Å²) in [6.45, 7) is 0.